The number of rotatable bonds is 4. The standard InChI is InChI=1S/C11H16N4O3/c1-18-10-8(13-2-3-14-10)7-15-5-4-12-6-9(15)11(16)17/h2-3,9,12H,4-7H2,1H3,(H,16,17)/t9-/m1/s1. The third-order valence-corrected chi connectivity index (χ3v) is 2.92. The Morgan fingerprint density at radius 1 is 1.61 bits per heavy atom. The van der Waals surface area contributed by atoms with Gasteiger partial charge in [0.05, 0.1) is 7.11 Å². The van der Waals surface area contributed by atoms with Gasteiger partial charge in [-0.25, -0.2) is 4.98 Å². The van der Waals surface area contributed by atoms with Crippen LogP contribution >= 0.6 is 0 Å². The molecule has 1 aromatic heterocycles. The van der Waals surface area contributed by atoms with Crippen LogP contribution in [0.25, 0.3) is 0 Å². The van der Waals surface area contributed by atoms with Gasteiger partial charge in [0.2, 0.25) is 5.88 Å². The number of hydrogen-bond acceptors (Lipinski definition) is 6. The largest absolute Gasteiger partial charge is 0.480 e. The van der Waals surface area contributed by atoms with Crippen LogP contribution in [0.5, 0.6) is 5.88 Å². The van der Waals surface area contributed by atoms with Crippen molar-refractivity contribution in [2.75, 3.05) is 26.7 Å². The molecule has 1 fully saturated rings. The summed E-state index contributed by atoms with van der Waals surface area (Å²) in [6.07, 6.45) is 3.13. The number of aliphatic carboxylic acids is 1. The summed E-state index contributed by atoms with van der Waals surface area (Å²) in [5.41, 5.74) is 0.660. The lowest BCUT2D eigenvalue weighted by Crippen LogP contribution is -2.54. The van der Waals surface area contributed by atoms with Gasteiger partial charge in [-0.2, -0.15) is 0 Å². The molecule has 2 heterocycles. The van der Waals surface area contributed by atoms with E-state index in [1.54, 1.807) is 12.4 Å². The monoisotopic (exact) mass is 252 g/mol. The summed E-state index contributed by atoms with van der Waals surface area (Å²) in [4.78, 5) is 21.3. The Bertz CT molecular complexity index is 427. The van der Waals surface area contributed by atoms with E-state index in [1.165, 1.54) is 7.11 Å². The first-order chi connectivity index (χ1) is 8.72. The van der Waals surface area contributed by atoms with Gasteiger partial charge in [0, 0.05) is 38.6 Å². The highest BCUT2D eigenvalue weighted by molar-refractivity contribution is 5.74. The smallest absolute Gasteiger partial charge is 0.322 e. The van der Waals surface area contributed by atoms with Crippen molar-refractivity contribution in [2.24, 2.45) is 0 Å². The zero-order valence-electron chi connectivity index (χ0n) is 10.2. The van der Waals surface area contributed by atoms with E-state index < -0.39 is 12.0 Å². The van der Waals surface area contributed by atoms with E-state index in [0.717, 1.165) is 6.54 Å². The number of aromatic nitrogens is 2. The van der Waals surface area contributed by atoms with Crippen LogP contribution in [0.3, 0.4) is 0 Å². The minimum absolute atomic E-state index is 0.426. The molecule has 0 aliphatic carbocycles. The Morgan fingerprint density at radius 2 is 2.39 bits per heavy atom. The maximum atomic E-state index is 11.2. The number of piperazine rings is 1. The fraction of sp³-hybridized carbons (Fsp3) is 0.545. The second-order valence-electron chi connectivity index (χ2n) is 4.04. The second kappa shape index (κ2) is 5.74. The van der Waals surface area contributed by atoms with Gasteiger partial charge in [0.15, 0.2) is 0 Å². The summed E-state index contributed by atoms with van der Waals surface area (Å²) >= 11 is 0. The number of hydrogen-bond donors (Lipinski definition) is 2. The van der Waals surface area contributed by atoms with Crippen LogP contribution in [-0.2, 0) is 11.3 Å². The fourth-order valence-corrected chi connectivity index (χ4v) is 2.00. The van der Waals surface area contributed by atoms with Crippen LogP contribution in [-0.4, -0.2) is 58.7 Å². The molecule has 1 atom stereocenters. The summed E-state index contributed by atoms with van der Waals surface area (Å²) in [5, 5.41) is 12.2. The van der Waals surface area contributed by atoms with E-state index in [9.17, 15) is 4.79 Å². The van der Waals surface area contributed by atoms with Crippen molar-refractivity contribution < 1.29 is 14.6 Å². The number of nitrogens with zero attached hydrogens (tertiary/aromatic N) is 3. The van der Waals surface area contributed by atoms with E-state index in [0.29, 0.717) is 31.2 Å². The predicted molar refractivity (Wildman–Crippen MR) is 63.3 cm³/mol. The highest BCUT2D eigenvalue weighted by atomic mass is 16.5. The Morgan fingerprint density at radius 3 is 3.11 bits per heavy atom. The Kier molecular flexibility index (Phi) is 4.06. The average molecular weight is 252 g/mol. The molecule has 0 radical (unpaired) electrons. The SMILES string of the molecule is COc1nccnc1CN1CCNC[C@@H]1C(=O)O. The normalized spacial score (nSPS) is 20.6. The molecule has 18 heavy (non-hydrogen) atoms. The third-order valence-electron chi connectivity index (χ3n) is 2.92. The van der Waals surface area contributed by atoms with E-state index in [1.807, 2.05) is 4.90 Å². The van der Waals surface area contributed by atoms with E-state index in [2.05, 4.69) is 15.3 Å². The molecule has 2 N–H and O–H groups in total. The summed E-state index contributed by atoms with van der Waals surface area (Å²) in [5.74, 6) is -0.384. The molecule has 1 aliphatic heterocycles. The third kappa shape index (κ3) is 2.74. The maximum absolute atomic E-state index is 11.2. The lowest BCUT2D eigenvalue weighted by molar-refractivity contribution is -0.144. The topological polar surface area (TPSA) is 87.6 Å². The van der Waals surface area contributed by atoms with Gasteiger partial charge in [-0.3, -0.25) is 14.7 Å². The number of methoxy groups -OCH3 is 1. The number of ether oxygens (including phenoxy) is 1. The maximum Gasteiger partial charge on any atom is 0.322 e. The quantitative estimate of drug-likeness (QED) is 0.735. The molecule has 0 amide bonds. The highest BCUT2D eigenvalue weighted by Crippen LogP contribution is 2.15. The number of carboxylic acids is 1. The van der Waals surface area contributed by atoms with E-state index >= 15 is 0 Å². The van der Waals surface area contributed by atoms with Gasteiger partial charge < -0.3 is 15.2 Å². The molecule has 7 heteroatoms. The fourth-order valence-electron chi connectivity index (χ4n) is 2.00. The first-order valence-electron chi connectivity index (χ1n) is 5.74. The van der Waals surface area contributed by atoms with Crippen molar-refractivity contribution in [1.82, 2.24) is 20.2 Å². The average Bonchev–Trinajstić information content (AvgIpc) is 2.40. The number of carboxylic acid groups (broad SMARTS) is 1. The molecule has 7 nitrogen and oxygen atoms in total. The molecular weight excluding hydrogens is 236 g/mol. The minimum atomic E-state index is -0.829. The second-order valence-corrected chi connectivity index (χ2v) is 4.04. The molecule has 1 aromatic rings. The Balaban J connectivity index is 2.13. The zero-order valence-corrected chi connectivity index (χ0v) is 10.2. The van der Waals surface area contributed by atoms with Crippen molar-refractivity contribution in [3.05, 3.63) is 18.1 Å². The Hall–Kier alpha value is -1.73. The molecule has 0 aromatic carbocycles. The summed E-state index contributed by atoms with van der Waals surface area (Å²) < 4.78 is 5.12. The summed E-state index contributed by atoms with van der Waals surface area (Å²) in [6, 6.07) is -0.537. The van der Waals surface area contributed by atoms with Gasteiger partial charge >= 0.3 is 5.97 Å². The van der Waals surface area contributed by atoms with E-state index in [-0.39, 0.29) is 0 Å². The first kappa shape index (κ1) is 12.7. The molecule has 0 saturated carbocycles. The van der Waals surface area contributed by atoms with Gasteiger partial charge in [0.25, 0.3) is 0 Å². The van der Waals surface area contributed by atoms with Gasteiger partial charge in [-0.15, -0.1) is 0 Å². The van der Waals surface area contributed by atoms with Crippen molar-refractivity contribution in [3.8, 4) is 5.88 Å². The van der Waals surface area contributed by atoms with Gasteiger partial charge in [-0.05, 0) is 0 Å². The molecule has 2 rings (SSSR count). The molecule has 98 valence electrons. The van der Waals surface area contributed by atoms with Crippen LogP contribution < -0.4 is 10.1 Å². The summed E-state index contributed by atoms with van der Waals surface area (Å²) in [6.45, 7) is 2.30. The lowest BCUT2D eigenvalue weighted by Gasteiger charge is -2.33. The van der Waals surface area contributed by atoms with Crippen molar-refractivity contribution in [3.63, 3.8) is 0 Å². The minimum Gasteiger partial charge on any atom is -0.480 e. The zero-order chi connectivity index (χ0) is 13.0. The van der Waals surface area contributed by atoms with Crippen LogP contribution in [0.4, 0.5) is 0 Å². The van der Waals surface area contributed by atoms with Crippen LogP contribution in [0.1, 0.15) is 5.69 Å². The first-order valence-corrected chi connectivity index (χ1v) is 5.74. The number of nitrogens with one attached hydrogen (secondary N) is 1. The molecule has 0 unspecified atom stereocenters. The molecule has 1 aliphatic rings. The van der Waals surface area contributed by atoms with Crippen LogP contribution in [0.15, 0.2) is 12.4 Å². The molecule has 0 spiro atoms. The number of carbonyl (C=O) groups is 1. The van der Waals surface area contributed by atoms with Crippen molar-refractivity contribution in [2.45, 2.75) is 12.6 Å². The van der Waals surface area contributed by atoms with Crippen LogP contribution in [0.2, 0.25) is 0 Å². The molecule has 1 saturated heterocycles. The van der Waals surface area contributed by atoms with Crippen molar-refractivity contribution >= 4 is 5.97 Å². The molecular formula is C11H16N4O3. The van der Waals surface area contributed by atoms with Gasteiger partial charge in [0.1, 0.15) is 11.7 Å². The lowest BCUT2D eigenvalue weighted by atomic mass is 10.2. The highest BCUT2D eigenvalue weighted by Gasteiger charge is 2.29. The van der Waals surface area contributed by atoms with Gasteiger partial charge in [-0.1, -0.05) is 0 Å². The predicted octanol–water partition coefficient (Wildman–Crippen LogP) is -0.656. The van der Waals surface area contributed by atoms with Crippen LogP contribution in [0, 0.1) is 0 Å². The van der Waals surface area contributed by atoms with E-state index in [4.69, 9.17) is 9.84 Å². The Labute approximate surface area is 105 Å². The molecule has 0 bridgehead atoms. The summed E-state index contributed by atoms with van der Waals surface area (Å²) in [7, 11) is 1.53. The van der Waals surface area contributed by atoms with Crippen molar-refractivity contribution in [1.29, 1.82) is 0 Å².